The van der Waals surface area contributed by atoms with Gasteiger partial charge in [0.2, 0.25) is 0 Å². The summed E-state index contributed by atoms with van der Waals surface area (Å²) in [7, 11) is -1.90. The Balaban J connectivity index is 1.01. The zero-order valence-electron chi connectivity index (χ0n) is 37.8. The number of carbonyl (C=O) groups is 1. The molecule has 8 aliphatic heterocycles. The average molecular weight is 926 g/mol. The average Bonchev–Trinajstić information content (AvgIpc) is 3.71. The van der Waals surface area contributed by atoms with Gasteiger partial charge in [-0.25, -0.2) is 0 Å². The molecule has 60 heavy (non-hydrogen) atoms. The monoisotopic (exact) mass is 924 g/mol. The number of carbonyl (C=O) groups excluding carboxylic acids is 1. The molecule has 8 heterocycles. The molecular weight excluding hydrogens is 848 g/mol. The maximum atomic E-state index is 14.3. The van der Waals surface area contributed by atoms with Crippen LogP contribution in [0.2, 0.25) is 18.1 Å². The van der Waals surface area contributed by atoms with Crippen LogP contribution in [0.25, 0.3) is 0 Å². The number of hydrogen-bond acceptors (Lipinski definition) is 11. The maximum Gasteiger partial charge on any atom is 0.191 e. The van der Waals surface area contributed by atoms with Crippen LogP contribution < -0.4 is 0 Å². The lowest BCUT2D eigenvalue weighted by Gasteiger charge is -2.47. The molecule has 18 atom stereocenters. The van der Waals surface area contributed by atoms with Crippen LogP contribution in [0.1, 0.15) is 125 Å². The van der Waals surface area contributed by atoms with E-state index in [-0.39, 0.29) is 103 Å². The van der Waals surface area contributed by atoms with Crippen LogP contribution in [-0.4, -0.2) is 123 Å². The van der Waals surface area contributed by atoms with Crippen molar-refractivity contribution in [3.63, 3.8) is 0 Å². The maximum absolute atomic E-state index is 14.3. The molecule has 6 bridgehead atoms. The summed E-state index contributed by atoms with van der Waals surface area (Å²) in [6.07, 6.45) is 5.60. The second kappa shape index (κ2) is 19.1. The van der Waals surface area contributed by atoms with Crippen molar-refractivity contribution in [3.8, 4) is 0 Å². The molecule has 0 radical (unpaired) electrons. The summed E-state index contributed by atoms with van der Waals surface area (Å²) in [5.74, 6) is 0.157. The quantitative estimate of drug-likeness (QED) is 0.0959. The highest BCUT2D eigenvalue weighted by Gasteiger charge is 2.68. The lowest BCUT2D eigenvalue weighted by Crippen LogP contribution is -2.61. The Morgan fingerprint density at radius 1 is 0.967 bits per heavy atom. The second-order valence-electron chi connectivity index (χ2n) is 21.4. The van der Waals surface area contributed by atoms with Gasteiger partial charge in [0.05, 0.1) is 48.8 Å². The number of fused-ring (bicyclic) bond motifs is 1. The number of aliphatic hydroxyl groups excluding tert-OH is 2. The fraction of sp³-hybridized carbons (Fsp3) is 0.894. The predicted molar refractivity (Wildman–Crippen MR) is 235 cm³/mol. The van der Waals surface area contributed by atoms with Gasteiger partial charge in [0.25, 0.3) is 0 Å². The molecule has 8 rings (SSSR count). The van der Waals surface area contributed by atoms with Crippen LogP contribution >= 0.6 is 15.9 Å². The second-order valence-corrected chi connectivity index (χ2v) is 27.4. The Morgan fingerprint density at radius 3 is 2.40 bits per heavy atom. The van der Waals surface area contributed by atoms with Crippen molar-refractivity contribution in [1.29, 1.82) is 0 Å². The van der Waals surface area contributed by atoms with E-state index in [0.717, 1.165) is 42.2 Å². The summed E-state index contributed by atoms with van der Waals surface area (Å²) in [4.78, 5) is 14.3. The molecule has 8 fully saturated rings. The van der Waals surface area contributed by atoms with E-state index in [0.29, 0.717) is 69.8 Å². The molecule has 0 spiro atoms. The number of halogens is 1. The zero-order chi connectivity index (χ0) is 43.3. The van der Waals surface area contributed by atoms with Crippen LogP contribution in [0.15, 0.2) is 23.2 Å². The smallest absolute Gasteiger partial charge is 0.191 e. The van der Waals surface area contributed by atoms with Gasteiger partial charge in [-0.2, -0.15) is 0 Å². The largest absolute Gasteiger partial charge is 0.417 e. The Labute approximate surface area is 369 Å². The fourth-order valence-electron chi connectivity index (χ4n) is 11.0. The molecule has 0 saturated carbocycles. The number of ether oxygens (including phenoxy) is 7. The molecule has 0 aliphatic carbocycles. The number of rotatable bonds is 19. The van der Waals surface area contributed by atoms with E-state index in [4.69, 9.17) is 37.6 Å². The molecule has 2 unspecified atom stereocenters. The lowest BCUT2D eigenvalue weighted by molar-refractivity contribution is -0.292. The molecule has 2 N–H and O–H groups in total. The van der Waals surface area contributed by atoms with Crippen LogP contribution in [-0.2, 0) is 42.4 Å². The minimum atomic E-state index is -1.90. The number of Topliss-reactive ketones (excluding diaryl/α,β-unsaturated/α-hetero) is 1. The van der Waals surface area contributed by atoms with Gasteiger partial charge in [0.1, 0.15) is 36.3 Å². The molecule has 0 amide bonds. The highest BCUT2D eigenvalue weighted by molar-refractivity contribution is 9.11. The van der Waals surface area contributed by atoms with Crippen molar-refractivity contribution in [2.45, 2.75) is 228 Å². The first-order valence-corrected chi connectivity index (χ1v) is 27.1. The van der Waals surface area contributed by atoms with Crippen molar-refractivity contribution in [2.75, 3.05) is 13.2 Å². The van der Waals surface area contributed by atoms with Gasteiger partial charge >= 0.3 is 0 Å². The van der Waals surface area contributed by atoms with E-state index in [1.807, 2.05) is 0 Å². The van der Waals surface area contributed by atoms with Gasteiger partial charge in [-0.3, -0.25) is 4.79 Å². The van der Waals surface area contributed by atoms with Crippen molar-refractivity contribution < 1.29 is 52.6 Å². The summed E-state index contributed by atoms with van der Waals surface area (Å²) in [5.41, 5.74) is 1.10. The third kappa shape index (κ3) is 10.4. The van der Waals surface area contributed by atoms with E-state index in [1.165, 1.54) is 0 Å². The fourth-order valence-corrected chi connectivity index (χ4v) is 12.6. The first-order valence-electron chi connectivity index (χ1n) is 23.4. The van der Waals surface area contributed by atoms with Crippen molar-refractivity contribution in [3.05, 3.63) is 23.2 Å². The Morgan fingerprint density at radius 2 is 1.68 bits per heavy atom. The van der Waals surface area contributed by atoms with Crippen LogP contribution in [0, 0.1) is 23.7 Å². The highest BCUT2D eigenvalue weighted by Crippen LogP contribution is 2.54. The Kier molecular flexibility index (Phi) is 15.1. The van der Waals surface area contributed by atoms with Crippen molar-refractivity contribution in [2.24, 2.45) is 23.7 Å². The van der Waals surface area contributed by atoms with Gasteiger partial charge < -0.3 is 47.8 Å². The van der Waals surface area contributed by atoms with Crippen LogP contribution in [0.3, 0.4) is 0 Å². The third-order valence-corrected chi connectivity index (χ3v) is 20.5. The van der Waals surface area contributed by atoms with Gasteiger partial charge in [-0.1, -0.05) is 70.6 Å². The van der Waals surface area contributed by atoms with Gasteiger partial charge in [0.15, 0.2) is 14.1 Å². The van der Waals surface area contributed by atoms with Gasteiger partial charge in [0, 0.05) is 51.7 Å². The normalized spacial score (nSPS) is 42.2. The van der Waals surface area contributed by atoms with Gasteiger partial charge in [-0.05, 0) is 96.8 Å². The molecule has 0 aromatic rings. The zero-order valence-corrected chi connectivity index (χ0v) is 40.4. The van der Waals surface area contributed by atoms with E-state index in [1.54, 1.807) is 0 Å². The molecule has 0 aromatic carbocycles. The first kappa shape index (κ1) is 47.4. The minimum absolute atomic E-state index is 0.00659. The summed E-state index contributed by atoms with van der Waals surface area (Å²) in [5, 5.41) is 20.4. The highest BCUT2D eigenvalue weighted by atomic mass is 79.9. The molecule has 342 valence electrons. The SMILES string of the molecule is C=C(Br)C[C@H](O)CC[C@@]12C[C@H]3O[C@H]4[C@@H](O1)[C@H]1O[C@@H](CC(=O)C[C@H]5C(C[C@H]6O[C@@H](CCCO)C[C@@H](C)C6=C)O[C@H](C[C@H](C)CO[Si](C)(C)C(C)(C)C)[C@@H]5C)CC[C@@H]1O[C@H]4C3O2. The molecule has 11 nitrogen and oxygen atoms in total. The van der Waals surface area contributed by atoms with E-state index >= 15 is 0 Å². The Hall–Kier alpha value is -0.553. The topological polar surface area (TPSA) is 131 Å². The van der Waals surface area contributed by atoms with Crippen LogP contribution in [0.5, 0.6) is 0 Å². The van der Waals surface area contributed by atoms with Crippen molar-refractivity contribution >= 4 is 30.0 Å². The summed E-state index contributed by atoms with van der Waals surface area (Å²) in [6, 6.07) is 0. The third-order valence-electron chi connectivity index (χ3n) is 15.7. The standard InChI is InChI=1S/C47H77BrO11Si/c1-26(25-52-60(9,10)46(6,7)8)18-37-30(5)35(39(55-37)23-38-29(4)27(2)19-33(53-38)12-11-17-49)22-32(51)21-34-13-14-36-41(54-34)45-44-43(56-36)42-40(57-44)24-47(58-42,59-45)16-15-31(50)20-28(3)48/h26-27,30-31,33-45,49-50H,3-4,11-25H2,1-2,5-10H3/t26-,27+,30+,31+,33-,34+,35+,36-,37+,38+,39?,40+,41-,42?,43-,44+,45-,47-/m0/s1. The van der Waals surface area contributed by atoms with Crippen LogP contribution in [0.4, 0.5) is 0 Å². The summed E-state index contributed by atoms with van der Waals surface area (Å²) < 4.78 is 54.7. The Bertz CT molecular complexity index is 1520. The molecular formula is C47H77BrO11Si. The molecule has 0 aromatic heterocycles. The molecule has 8 saturated heterocycles. The first-order chi connectivity index (χ1) is 28.3. The number of ketones is 1. The molecule has 8 aliphatic rings. The summed E-state index contributed by atoms with van der Waals surface area (Å²) >= 11 is 3.38. The lowest BCUT2D eigenvalue weighted by atomic mass is 9.78. The number of hydrogen-bond donors (Lipinski definition) is 2. The van der Waals surface area contributed by atoms with Gasteiger partial charge in [-0.15, -0.1) is 0 Å². The van der Waals surface area contributed by atoms with E-state index < -0.39 is 20.2 Å². The summed E-state index contributed by atoms with van der Waals surface area (Å²) in [6.45, 7) is 27.4. The van der Waals surface area contributed by atoms with Crippen molar-refractivity contribution in [1.82, 2.24) is 0 Å². The minimum Gasteiger partial charge on any atom is -0.417 e. The molecule has 13 heteroatoms. The van der Waals surface area contributed by atoms with E-state index in [9.17, 15) is 15.0 Å². The van der Waals surface area contributed by atoms with E-state index in [2.05, 4.69) is 83.7 Å². The number of aliphatic hydroxyl groups is 2. The predicted octanol–water partition coefficient (Wildman–Crippen LogP) is 8.32.